The Morgan fingerprint density at radius 1 is 0.971 bits per heavy atom. The molecule has 2 aliphatic rings. The molecule has 0 bridgehead atoms. The standard InChI is InChI=1S/C26H33N3O5S/c1-18-17-28(26(31)34-22-10-6-5-7-11-22)25-16-21(13-14-24(25)29(18)19(2)30)20-9-8-12-23(15-20)35(32,33)27(3)4/h8-9,12-16,18,22H,5-7,10-11,17H2,1-4H3/t18-/m0/s1. The molecule has 188 valence electrons. The zero-order valence-electron chi connectivity index (χ0n) is 20.7. The summed E-state index contributed by atoms with van der Waals surface area (Å²) in [5.74, 6) is -0.106. The molecule has 0 spiro atoms. The van der Waals surface area contributed by atoms with Gasteiger partial charge in [0.2, 0.25) is 15.9 Å². The highest BCUT2D eigenvalue weighted by Gasteiger charge is 2.35. The van der Waals surface area contributed by atoms with Crippen LogP contribution in [0.25, 0.3) is 11.1 Å². The summed E-state index contributed by atoms with van der Waals surface area (Å²) >= 11 is 0. The van der Waals surface area contributed by atoms with Gasteiger partial charge in [0, 0.05) is 27.6 Å². The predicted molar refractivity (Wildman–Crippen MR) is 136 cm³/mol. The summed E-state index contributed by atoms with van der Waals surface area (Å²) in [6.45, 7) is 3.74. The fourth-order valence-electron chi connectivity index (χ4n) is 4.89. The second-order valence-corrected chi connectivity index (χ2v) is 11.7. The molecule has 2 aromatic rings. The highest BCUT2D eigenvalue weighted by Crippen LogP contribution is 2.40. The van der Waals surface area contributed by atoms with E-state index < -0.39 is 16.1 Å². The van der Waals surface area contributed by atoms with Gasteiger partial charge in [-0.2, -0.15) is 0 Å². The van der Waals surface area contributed by atoms with E-state index in [1.165, 1.54) is 25.3 Å². The van der Waals surface area contributed by atoms with Crippen molar-refractivity contribution in [3.05, 3.63) is 42.5 Å². The lowest BCUT2D eigenvalue weighted by atomic mass is 9.98. The van der Waals surface area contributed by atoms with Crippen molar-refractivity contribution in [2.24, 2.45) is 0 Å². The first-order valence-electron chi connectivity index (χ1n) is 12.0. The van der Waals surface area contributed by atoms with Crippen LogP contribution in [0.4, 0.5) is 16.2 Å². The van der Waals surface area contributed by atoms with Gasteiger partial charge < -0.3 is 9.64 Å². The molecule has 0 saturated heterocycles. The first-order chi connectivity index (χ1) is 16.6. The molecule has 8 nitrogen and oxygen atoms in total. The summed E-state index contributed by atoms with van der Waals surface area (Å²) in [6, 6.07) is 12.0. The molecule has 1 atom stereocenters. The molecule has 0 N–H and O–H groups in total. The van der Waals surface area contributed by atoms with E-state index in [1.54, 1.807) is 28.0 Å². The largest absolute Gasteiger partial charge is 0.446 e. The average molecular weight is 500 g/mol. The average Bonchev–Trinajstić information content (AvgIpc) is 2.83. The van der Waals surface area contributed by atoms with Crippen molar-refractivity contribution in [1.82, 2.24) is 4.31 Å². The van der Waals surface area contributed by atoms with Crippen LogP contribution in [0.15, 0.2) is 47.4 Å². The Labute approximate surface area is 207 Å². The van der Waals surface area contributed by atoms with Crippen LogP contribution in [-0.2, 0) is 19.6 Å². The maximum absolute atomic E-state index is 13.3. The smallest absolute Gasteiger partial charge is 0.414 e. The van der Waals surface area contributed by atoms with Crippen LogP contribution in [0, 0.1) is 0 Å². The quantitative estimate of drug-likeness (QED) is 0.612. The van der Waals surface area contributed by atoms with E-state index in [4.69, 9.17) is 4.74 Å². The predicted octanol–water partition coefficient (Wildman–Crippen LogP) is 4.63. The van der Waals surface area contributed by atoms with Crippen molar-refractivity contribution in [3.63, 3.8) is 0 Å². The third kappa shape index (κ3) is 5.06. The first kappa shape index (κ1) is 25.2. The van der Waals surface area contributed by atoms with Gasteiger partial charge in [-0.05, 0) is 68.0 Å². The van der Waals surface area contributed by atoms with Crippen molar-refractivity contribution < 1.29 is 22.7 Å². The van der Waals surface area contributed by atoms with Gasteiger partial charge >= 0.3 is 6.09 Å². The summed E-state index contributed by atoms with van der Waals surface area (Å²) in [6.07, 6.45) is 4.52. The second kappa shape index (κ2) is 9.99. The Kier molecular flexibility index (Phi) is 7.19. The van der Waals surface area contributed by atoms with Crippen LogP contribution in [0.1, 0.15) is 46.0 Å². The summed E-state index contributed by atoms with van der Waals surface area (Å²) < 4.78 is 32.3. The molecule has 1 saturated carbocycles. The minimum atomic E-state index is -3.60. The zero-order valence-corrected chi connectivity index (χ0v) is 21.5. The van der Waals surface area contributed by atoms with Crippen molar-refractivity contribution >= 4 is 33.4 Å². The minimum Gasteiger partial charge on any atom is -0.446 e. The van der Waals surface area contributed by atoms with E-state index in [1.807, 2.05) is 31.2 Å². The fourth-order valence-corrected chi connectivity index (χ4v) is 5.84. The molecule has 9 heteroatoms. The van der Waals surface area contributed by atoms with E-state index in [0.29, 0.717) is 23.5 Å². The van der Waals surface area contributed by atoms with Gasteiger partial charge in [0.05, 0.1) is 22.3 Å². The van der Waals surface area contributed by atoms with Gasteiger partial charge in [0.25, 0.3) is 0 Å². The summed E-state index contributed by atoms with van der Waals surface area (Å²) in [4.78, 5) is 29.2. The van der Waals surface area contributed by atoms with E-state index in [-0.39, 0.29) is 22.9 Å². The van der Waals surface area contributed by atoms with Crippen LogP contribution in [-0.4, -0.2) is 57.5 Å². The van der Waals surface area contributed by atoms with Crippen molar-refractivity contribution in [1.29, 1.82) is 0 Å². The number of hydrogen-bond donors (Lipinski definition) is 0. The number of nitrogens with zero attached hydrogens (tertiary/aromatic N) is 3. The lowest BCUT2D eigenvalue weighted by molar-refractivity contribution is -0.117. The number of fused-ring (bicyclic) bond motifs is 1. The highest BCUT2D eigenvalue weighted by molar-refractivity contribution is 7.89. The lowest BCUT2D eigenvalue weighted by Gasteiger charge is -2.41. The van der Waals surface area contributed by atoms with Gasteiger partial charge in [-0.3, -0.25) is 9.69 Å². The van der Waals surface area contributed by atoms with E-state index in [9.17, 15) is 18.0 Å². The van der Waals surface area contributed by atoms with Crippen LogP contribution in [0.3, 0.4) is 0 Å². The molecule has 35 heavy (non-hydrogen) atoms. The number of carbonyl (C=O) groups is 2. The monoisotopic (exact) mass is 499 g/mol. The SMILES string of the molecule is CC(=O)N1c2ccc(-c3cccc(S(=O)(=O)N(C)C)c3)cc2N(C(=O)OC2CCCCC2)C[C@@H]1C. The minimum absolute atomic E-state index is 0.0862. The molecule has 0 aromatic heterocycles. The Bertz CT molecular complexity index is 1220. The summed E-state index contributed by atoms with van der Waals surface area (Å²) in [5, 5.41) is 0. The normalized spacial score (nSPS) is 18.9. The molecular formula is C26H33N3O5S. The molecule has 1 fully saturated rings. The number of benzene rings is 2. The van der Waals surface area contributed by atoms with Crippen molar-refractivity contribution in [2.45, 2.75) is 63.0 Å². The topological polar surface area (TPSA) is 87.2 Å². The molecule has 2 amide bonds. The lowest BCUT2D eigenvalue weighted by Crippen LogP contribution is -2.52. The number of rotatable bonds is 4. The summed E-state index contributed by atoms with van der Waals surface area (Å²) in [5.41, 5.74) is 2.66. The number of amides is 2. The highest BCUT2D eigenvalue weighted by atomic mass is 32.2. The van der Waals surface area contributed by atoms with Gasteiger partial charge in [0.1, 0.15) is 6.10 Å². The Balaban J connectivity index is 1.74. The molecular weight excluding hydrogens is 466 g/mol. The molecule has 1 heterocycles. The van der Waals surface area contributed by atoms with Gasteiger partial charge in [0.15, 0.2) is 0 Å². The molecule has 1 aliphatic heterocycles. The van der Waals surface area contributed by atoms with Crippen molar-refractivity contribution in [2.75, 3.05) is 30.4 Å². The summed E-state index contributed by atoms with van der Waals surface area (Å²) in [7, 11) is -0.608. The Hall–Kier alpha value is -2.91. The van der Waals surface area contributed by atoms with Crippen LogP contribution in [0.2, 0.25) is 0 Å². The van der Waals surface area contributed by atoms with E-state index >= 15 is 0 Å². The van der Waals surface area contributed by atoms with Crippen molar-refractivity contribution in [3.8, 4) is 11.1 Å². The third-order valence-corrected chi connectivity index (χ3v) is 8.55. The number of ether oxygens (including phenoxy) is 1. The molecule has 2 aromatic carbocycles. The maximum atomic E-state index is 13.3. The molecule has 1 aliphatic carbocycles. The molecule has 0 unspecified atom stereocenters. The van der Waals surface area contributed by atoms with E-state index in [0.717, 1.165) is 37.7 Å². The maximum Gasteiger partial charge on any atom is 0.414 e. The zero-order chi connectivity index (χ0) is 25.3. The van der Waals surface area contributed by atoms with Crippen LogP contribution in [0.5, 0.6) is 0 Å². The number of sulfonamides is 1. The van der Waals surface area contributed by atoms with Crippen LogP contribution < -0.4 is 9.80 Å². The van der Waals surface area contributed by atoms with Crippen LogP contribution >= 0.6 is 0 Å². The fraction of sp³-hybridized carbons (Fsp3) is 0.462. The first-order valence-corrected chi connectivity index (χ1v) is 13.5. The van der Waals surface area contributed by atoms with Gasteiger partial charge in [-0.25, -0.2) is 17.5 Å². The van der Waals surface area contributed by atoms with Gasteiger partial charge in [-0.15, -0.1) is 0 Å². The molecule has 4 rings (SSSR count). The number of anilines is 2. The second-order valence-electron chi connectivity index (χ2n) is 9.51. The third-order valence-electron chi connectivity index (χ3n) is 6.74. The van der Waals surface area contributed by atoms with E-state index in [2.05, 4.69) is 0 Å². The number of carbonyl (C=O) groups excluding carboxylic acids is 2. The van der Waals surface area contributed by atoms with Gasteiger partial charge in [-0.1, -0.05) is 24.6 Å². The number of hydrogen-bond acceptors (Lipinski definition) is 5. The Morgan fingerprint density at radius 3 is 2.31 bits per heavy atom. The molecule has 0 radical (unpaired) electrons. The Morgan fingerprint density at radius 2 is 1.66 bits per heavy atom.